The van der Waals surface area contributed by atoms with E-state index in [1.165, 1.54) is 77.0 Å². The monoisotopic (exact) mass is 348 g/mol. The molecule has 1 rings (SSSR count). The molecule has 1 heterocycles. The zero-order chi connectivity index (χ0) is 18.0. The SMILES string of the molecule is CCCCCCCN=c1ccn(CCCCCCCCCCO)cc1. The van der Waals surface area contributed by atoms with E-state index in [0.717, 1.165) is 24.9 Å². The smallest absolute Gasteiger partial charge is 0.0603 e. The lowest BCUT2D eigenvalue weighted by molar-refractivity contribution is 0.282. The van der Waals surface area contributed by atoms with Crippen LogP contribution < -0.4 is 5.36 Å². The Kier molecular flexibility index (Phi) is 14.4. The van der Waals surface area contributed by atoms with E-state index in [9.17, 15) is 0 Å². The lowest BCUT2D eigenvalue weighted by Gasteiger charge is -2.06. The Bertz CT molecular complexity index is 447. The fraction of sp³-hybridized carbons (Fsp3) is 0.773. The topological polar surface area (TPSA) is 37.5 Å². The molecule has 0 bridgehead atoms. The minimum absolute atomic E-state index is 0.349. The number of aliphatic hydroxyl groups excluding tert-OH is 1. The van der Waals surface area contributed by atoms with E-state index in [1.807, 2.05) is 0 Å². The van der Waals surface area contributed by atoms with Crippen LogP contribution in [0, 0.1) is 0 Å². The summed E-state index contributed by atoms with van der Waals surface area (Å²) in [5, 5.41) is 9.86. The third-order valence-corrected chi connectivity index (χ3v) is 4.75. The van der Waals surface area contributed by atoms with Crippen molar-refractivity contribution >= 4 is 0 Å². The van der Waals surface area contributed by atoms with Crippen LogP contribution in [0.15, 0.2) is 29.5 Å². The highest BCUT2D eigenvalue weighted by Crippen LogP contribution is 2.09. The molecule has 144 valence electrons. The van der Waals surface area contributed by atoms with Crippen LogP contribution in [0.4, 0.5) is 0 Å². The maximum Gasteiger partial charge on any atom is 0.0603 e. The van der Waals surface area contributed by atoms with E-state index >= 15 is 0 Å². The van der Waals surface area contributed by atoms with Crippen molar-refractivity contribution in [1.29, 1.82) is 0 Å². The van der Waals surface area contributed by atoms with Crippen LogP contribution in [0.2, 0.25) is 0 Å². The normalized spacial score (nSPS) is 11.0. The number of hydrogen-bond donors (Lipinski definition) is 1. The Labute approximate surface area is 155 Å². The van der Waals surface area contributed by atoms with Gasteiger partial charge in [-0.1, -0.05) is 71.1 Å². The van der Waals surface area contributed by atoms with E-state index in [-0.39, 0.29) is 0 Å². The molecule has 0 spiro atoms. The molecule has 0 saturated carbocycles. The maximum absolute atomic E-state index is 8.74. The van der Waals surface area contributed by atoms with Crippen LogP contribution >= 0.6 is 0 Å². The van der Waals surface area contributed by atoms with Gasteiger partial charge in [0.2, 0.25) is 0 Å². The first kappa shape index (κ1) is 22.0. The molecule has 3 nitrogen and oxygen atoms in total. The number of unbranched alkanes of at least 4 members (excludes halogenated alkanes) is 11. The van der Waals surface area contributed by atoms with Gasteiger partial charge in [-0.2, -0.15) is 0 Å². The van der Waals surface area contributed by atoms with Gasteiger partial charge in [-0.15, -0.1) is 0 Å². The molecule has 0 unspecified atom stereocenters. The standard InChI is InChI=1S/C22H40N2O/c1-2-3-4-9-12-17-23-22-15-19-24(20-16-22)18-13-10-7-5-6-8-11-14-21-25/h15-16,19-20,25H,2-14,17-18,21H2,1H3. The zero-order valence-corrected chi connectivity index (χ0v) is 16.5. The largest absolute Gasteiger partial charge is 0.396 e. The van der Waals surface area contributed by atoms with Crippen LogP contribution in [-0.4, -0.2) is 22.8 Å². The Morgan fingerprint density at radius 1 is 0.760 bits per heavy atom. The highest BCUT2D eigenvalue weighted by Gasteiger charge is 1.94. The molecule has 25 heavy (non-hydrogen) atoms. The van der Waals surface area contributed by atoms with Gasteiger partial charge in [0.25, 0.3) is 0 Å². The third kappa shape index (κ3) is 12.9. The number of aliphatic hydroxyl groups is 1. The van der Waals surface area contributed by atoms with E-state index < -0.39 is 0 Å². The molecule has 1 aromatic heterocycles. The van der Waals surface area contributed by atoms with Crippen LogP contribution in [0.3, 0.4) is 0 Å². The van der Waals surface area contributed by atoms with Crippen molar-refractivity contribution in [2.24, 2.45) is 4.99 Å². The Morgan fingerprint density at radius 3 is 1.96 bits per heavy atom. The summed E-state index contributed by atoms with van der Waals surface area (Å²) in [6.45, 7) is 4.68. The predicted octanol–water partition coefficient (Wildman–Crippen LogP) is 5.47. The predicted molar refractivity (Wildman–Crippen MR) is 108 cm³/mol. The number of hydrogen-bond acceptors (Lipinski definition) is 2. The summed E-state index contributed by atoms with van der Waals surface area (Å²) in [6.07, 6.45) is 20.9. The van der Waals surface area contributed by atoms with Gasteiger partial charge in [0.15, 0.2) is 0 Å². The minimum atomic E-state index is 0.349. The van der Waals surface area contributed by atoms with Gasteiger partial charge in [0, 0.05) is 32.1 Å². The highest BCUT2D eigenvalue weighted by molar-refractivity contribution is 4.93. The summed E-state index contributed by atoms with van der Waals surface area (Å²) in [5.74, 6) is 0. The fourth-order valence-corrected chi connectivity index (χ4v) is 3.09. The Morgan fingerprint density at radius 2 is 1.32 bits per heavy atom. The zero-order valence-electron chi connectivity index (χ0n) is 16.5. The molecule has 0 saturated heterocycles. The van der Waals surface area contributed by atoms with Crippen molar-refractivity contribution < 1.29 is 5.11 Å². The van der Waals surface area contributed by atoms with Gasteiger partial charge in [0.1, 0.15) is 0 Å². The number of aromatic nitrogens is 1. The molecule has 1 N–H and O–H groups in total. The van der Waals surface area contributed by atoms with E-state index in [2.05, 4.69) is 41.0 Å². The number of rotatable bonds is 16. The summed E-state index contributed by atoms with van der Waals surface area (Å²) in [4.78, 5) is 4.67. The summed E-state index contributed by atoms with van der Waals surface area (Å²) >= 11 is 0. The lowest BCUT2D eigenvalue weighted by atomic mass is 10.1. The molecule has 0 amide bonds. The first-order valence-electron chi connectivity index (χ1n) is 10.6. The van der Waals surface area contributed by atoms with Gasteiger partial charge in [-0.05, 0) is 31.4 Å². The molecule has 0 aliphatic carbocycles. The van der Waals surface area contributed by atoms with E-state index in [1.54, 1.807) is 0 Å². The number of nitrogens with zero attached hydrogens (tertiary/aromatic N) is 2. The Balaban J connectivity index is 2.05. The number of pyridine rings is 1. The summed E-state index contributed by atoms with van der Waals surface area (Å²) in [6, 6.07) is 4.29. The first-order chi connectivity index (χ1) is 12.4. The highest BCUT2D eigenvalue weighted by atomic mass is 16.2. The summed E-state index contributed by atoms with van der Waals surface area (Å²) in [7, 11) is 0. The molecule has 0 aliphatic heterocycles. The van der Waals surface area contributed by atoms with Crippen LogP contribution in [-0.2, 0) is 6.54 Å². The Hall–Kier alpha value is -1.09. The fourth-order valence-electron chi connectivity index (χ4n) is 3.09. The first-order valence-corrected chi connectivity index (χ1v) is 10.6. The second kappa shape index (κ2) is 16.4. The van der Waals surface area contributed by atoms with E-state index in [4.69, 9.17) is 5.11 Å². The van der Waals surface area contributed by atoms with Crippen molar-refractivity contribution in [3.05, 3.63) is 29.9 Å². The van der Waals surface area contributed by atoms with Crippen molar-refractivity contribution in [3.8, 4) is 0 Å². The van der Waals surface area contributed by atoms with Crippen molar-refractivity contribution in [2.45, 2.75) is 96.9 Å². The molecule has 0 fully saturated rings. The molecule has 1 aromatic rings. The summed E-state index contributed by atoms with van der Waals surface area (Å²) in [5.41, 5.74) is 0. The van der Waals surface area contributed by atoms with Crippen LogP contribution in [0.1, 0.15) is 90.4 Å². The molecule has 0 aliphatic rings. The third-order valence-electron chi connectivity index (χ3n) is 4.75. The second-order valence-corrected chi connectivity index (χ2v) is 7.14. The average Bonchev–Trinajstić information content (AvgIpc) is 2.64. The molecule has 0 atom stereocenters. The van der Waals surface area contributed by atoms with Gasteiger partial charge < -0.3 is 9.67 Å². The van der Waals surface area contributed by atoms with Crippen molar-refractivity contribution in [2.75, 3.05) is 13.2 Å². The maximum atomic E-state index is 8.74. The summed E-state index contributed by atoms with van der Waals surface area (Å²) < 4.78 is 2.28. The second-order valence-electron chi connectivity index (χ2n) is 7.14. The lowest BCUT2D eigenvalue weighted by Crippen LogP contribution is -2.06. The van der Waals surface area contributed by atoms with Gasteiger partial charge in [-0.3, -0.25) is 4.99 Å². The molecule has 0 aromatic carbocycles. The quantitative estimate of drug-likeness (QED) is 0.395. The van der Waals surface area contributed by atoms with Gasteiger partial charge in [-0.25, -0.2) is 0 Å². The van der Waals surface area contributed by atoms with Gasteiger partial charge in [0.05, 0.1) is 5.36 Å². The van der Waals surface area contributed by atoms with Crippen LogP contribution in [0.25, 0.3) is 0 Å². The van der Waals surface area contributed by atoms with E-state index in [0.29, 0.717) is 6.61 Å². The molecular formula is C22H40N2O. The van der Waals surface area contributed by atoms with Crippen molar-refractivity contribution in [1.82, 2.24) is 4.57 Å². The minimum Gasteiger partial charge on any atom is -0.396 e. The molecular weight excluding hydrogens is 308 g/mol. The van der Waals surface area contributed by atoms with Crippen molar-refractivity contribution in [3.63, 3.8) is 0 Å². The van der Waals surface area contributed by atoms with Gasteiger partial charge >= 0.3 is 0 Å². The number of aryl methyl sites for hydroxylation is 1. The molecule has 0 radical (unpaired) electrons. The molecule has 3 heteroatoms. The average molecular weight is 349 g/mol. The van der Waals surface area contributed by atoms with Crippen LogP contribution in [0.5, 0.6) is 0 Å².